The van der Waals surface area contributed by atoms with Gasteiger partial charge in [-0.1, -0.05) is 6.92 Å². The Morgan fingerprint density at radius 2 is 2.07 bits per heavy atom. The second kappa shape index (κ2) is 10.6. The third kappa shape index (κ3) is 5.91. The van der Waals surface area contributed by atoms with Gasteiger partial charge in [0.05, 0.1) is 11.5 Å². The summed E-state index contributed by atoms with van der Waals surface area (Å²) in [6.45, 7) is 7.93. The smallest absolute Gasteiger partial charge is 0.224 e. The van der Waals surface area contributed by atoms with E-state index in [1.807, 2.05) is 19.1 Å². The topological polar surface area (TPSA) is 90.3 Å². The Morgan fingerprint density at radius 1 is 1.28 bits per heavy atom. The van der Waals surface area contributed by atoms with Crippen molar-refractivity contribution in [3.63, 3.8) is 0 Å². The van der Waals surface area contributed by atoms with Crippen LogP contribution in [-0.4, -0.2) is 60.7 Å². The van der Waals surface area contributed by atoms with Crippen LogP contribution in [-0.2, 0) is 9.53 Å². The fourth-order valence-electron chi connectivity index (χ4n) is 4.25. The molecule has 0 bridgehead atoms. The van der Waals surface area contributed by atoms with Gasteiger partial charge >= 0.3 is 0 Å². The first-order valence-corrected chi connectivity index (χ1v) is 10.8. The fourth-order valence-corrected chi connectivity index (χ4v) is 4.25. The summed E-state index contributed by atoms with van der Waals surface area (Å²) in [6, 6.07) is 6.51. The molecule has 3 rings (SSSR count). The minimum Gasteiger partial charge on any atom is -0.381 e. The maximum Gasteiger partial charge on any atom is 0.224 e. The molecular weight excluding hydrogens is 366 g/mol. The molecule has 29 heavy (non-hydrogen) atoms. The molecular formula is C22H33N5O2. The molecule has 1 aromatic rings. The molecule has 2 atom stereocenters. The van der Waals surface area contributed by atoms with E-state index in [0.29, 0.717) is 17.4 Å². The molecule has 7 nitrogen and oxygen atoms in total. The Morgan fingerprint density at radius 3 is 2.79 bits per heavy atom. The number of nitrogens with zero attached hydrogens (tertiary/aromatic N) is 3. The van der Waals surface area contributed by atoms with Crippen molar-refractivity contribution in [1.82, 2.24) is 15.2 Å². The largest absolute Gasteiger partial charge is 0.381 e. The van der Waals surface area contributed by atoms with E-state index in [2.05, 4.69) is 33.5 Å². The van der Waals surface area contributed by atoms with Crippen LogP contribution < -0.4 is 10.6 Å². The third-order valence-corrected chi connectivity index (χ3v) is 5.90. The minimum atomic E-state index is -0.00268. The molecule has 1 amide bonds. The van der Waals surface area contributed by atoms with E-state index >= 15 is 0 Å². The maximum absolute atomic E-state index is 12.7. The van der Waals surface area contributed by atoms with Crippen LogP contribution in [0.3, 0.4) is 0 Å². The minimum absolute atomic E-state index is 0.00268. The van der Waals surface area contributed by atoms with Gasteiger partial charge in [0.1, 0.15) is 11.9 Å². The van der Waals surface area contributed by atoms with Crippen LogP contribution in [0.1, 0.15) is 50.3 Å². The molecule has 2 saturated heterocycles. The quantitative estimate of drug-likeness (QED) is 0.764. The van der Waals surface area contributed by atoms with E-state index in [9.17, 15) is 10.1 Å². The number of likely N-dealkylation sites (tertiary alicyclic amines) is 1. The van der Waals surface area contributed by atoms with Gasteiger partial charge in [-0.2, -0.15) is 5.26 Å². The Labute approximate surface area is 173 Å². The van der Waals surface area contributed by atoms with Gasteiger partial charge in [-0.25, -0.2) is 4.98 Å². The number of aryl methyl sites for hydroxylation is 1. The van der Waals surface area contributed by atoms with E-state index in [4.69, 9.17) is 4.74 Å². The Balaban J connectivity index is 1.75. The number of anilines is 1. The van der Waals surface area contributed by atoms with Gasteiger partial charge in [0.2, 0.25) is 5.91 Å². The summed E-state index contributed by atoms with van der Waals surface area (Å²) in [6.07, 6.45) is 4.66. The molecule has 0 spiro atoms. The Hall–Kier alpha value is -2.17. The van der Waals surface area contributed by atoms with Crippen LogP contribution in [0.4, 0.5) is 5.82 Å². The van der Waals surface area contributed by atoms with Crippen LogP contribution in [0.25, 0.3) is 0 Å². The van der Waals surface area contributed by atoms with Gasteiger partial charge in [-0.05, 0) is 51.2 Å². The average Bonchev–Trinajstić information content (AvgIpc) is 2.96. The van der Waals surface area contributed by atoms with Crippen LogP contribution >= 0.6 is 0 Å². The van der Waals surface area contributed by atoms with Crippen LogP contribution in [0.5, 0.6) is 0 Å². The molecule has 0 aliphatic carbocycles. The normalized spacial score (nSPS) is 23.8. The number of aromatic nitrogens is 1. The Kier molecular flexibility index (Phi) is 7.84. The summed E-state index contributed by atoms with van der Waals surface area (Å²) in [5.74, 6) is 0.811. The van der Waals surface area contributed by atoms with E-state index in [0.717, 1.165) is 70.6 Å². The molecule has 0 unspecified atom stereocenters. The molecule has 3 heterocycles. The first-order valence-electron chi connectivity index (χ1n) is 10.8. The summed E-state index contributed by atoms with van der Waals surface area (Å²) in [5.41, 5.74) is 1.45. The predicted molar refractivity (Wildman–Crippen MR) is 113 cm³/mol. The summed E-state index contributed by atoms with van der Waals surface area (Å²) >= 11 is 0. The van der Waals surface area contributed by atoms with Crippen molar-refractivity contribution in [2.75, 3.05) is 38.2 Å². The van der Waals surface area contributed by atoms with Gasteiger partial charge in [-0.3, -0.25) is 9.69 Å². The highest BCUT2D eigenvalue weighted by molar-refractivity contribution is 5.78. The number of ether oxygens (including phenoxy) is 1. The van der Waals surface area contributed by atoms with E-state index in [-0.39, 0.29) is 17.9 Å². The van der Waals surface area contributed by atoms with E-state index in [1.54, 1.807) is 0 Å². The SMILES string of the molecule is CCCNC(=O)[C@@H]1CC[C@H](Nc2nc(C)ccc2C#N)CN(C2CCOCC2)C1. The number of carbonyl (C=O) groups excluding carboxylic acids is 1. The lowest BCUT2D eigenvalue weighted by atomic mass is 10.00. The summed E-state index contributed by atoms with van der Waals surface area (Å²) in [4.78, 5) is 19.7. The number of nitrogens with one attached hydrogen (secondary N) is 2. The highest BCUT2D eigenvalue weighted by Gasteiger charge is 2.32. The Bertz CT molecular complexity index is 726. The van der Waals surface area contributed by atoms with Crippen molar-refractivity contribution in [1.29, 1.82) is 5.26 Å². The summed E-state index contributed by atoms with van der Waals surface area (Å²) in [7, 11) is 0. The lowest BCUT2D eigenvalue weighted by Crippen LogP contribution is -2.47. The lowest BCUT2D eigenvalue weighted by molar-refractivity contribution is -0.125. The van der Waals surface area contributed by atoms with E-state index in [1.165, 1.54) is 0 Å². The van der Waals surface area contributed by atoms with Gasteiger partial charge in [-0.15, -0.1) is 0 Å². The van der Waals surface area contributed by atoms with Crippen LogP contribution in [0.15, 0.2) is 12.1 Å². The van der Waals surface area contributed by atoms with Gasteiger partial charge in [0.15, 0.2) is 0 Å². The average molecular weight is 400 g/mol. The number of rotatable bonds is 6. The van der Waals surface area contributed by atoms with E-state index < -0.39 is 0 Å². The van der Waals surface area contributed by atoms with Gasteiger partial charge in [0, 0.05) is 50.6 Å². The zero-order valence-corrected chi connectivity index (χ0v) is 17.6. The zero-order valence-electron chi connectivity index (χ0n) is 17.6. The number of hydrogen-bond donors (Lipinski definition) is 2. The zero-order chi connectivity index (χ0) is 20.6. The standard InChI is InChI=1S/C22H33N5O2/c1-3-10-24-22(28)18-6-7-19(15-27(14-18)20-8-11-29-12-9-20)26-21-17(13-23)5-4-16(2)25-21/h4-5,18-20H,3,6-12,14-15H2,1-2H3,(H,24,28)(H,25,26)/t18-,19+/m1/s1. The molecule has 0 aromatic carbocycles. The van der Waals surface area contributed by atoms with Crippen LogP contribution in [0, 0.1) is 24.2 Å². The first kappa shape index (κ1) is 21.5. The fraction of sp³-hybridized carbons (Fsp3) is 0.682. The van der Waals surface area contributed by atoms with Crippen molar-refractivity contribution < 1.29 is 9.53 Å². The second-order valence-electron chi connectivity index (χ2n) is 8.16. The van der Waals surface area contributed by atoms with Crippen molar-refractivity contribution in [3.05, 3.63) is 23.4 Å². The number of hydrogen-bond acceptors (Lipinski definition) is 6. The highest BCUT2D eigenvalue weighted by Crippen LogP contribution is 2.25. The highest BCUT2D eigenvalue weighted by atomic mass is 16.5. The molecule has 7 heteroatoms. The van der Waals surface area contributed by atoms with Crippen LogP contribution in [0.2, 0.25) is 0 Å². The summed E-state index contributed by atoms with van der Waals surface area (Å²) < 4.78 is 5.55. The molecule has 2 fully saturated rings. The lowest BCUT2D eigenvalue weighted by Gasteiger charge is -2.36. The molecule has 2 aliphatic heterocycles. The predicted octanol–water partition coefficient (Wildman–Crippen LogP) is 2.46. The van der Waals surface area contributed by atoms with Crippen molar-refractivity contribution in [2.24, 2.45) is 5.92 Å². The molecule has 0 radical (unpaired) electrons. The second-order valence-corrected chi connectivity index (χ2v) is 8.16. The van der Waals surface area contributed by atoms with Crippen molar-refractivity contribution in [2.45, 2.75) is 58.0 Å². The molecule has 2 N–H and O–H groups in total. The molecule has 158 valence electrons. The molecule has 0 saturated carbocycles. The van der Waals surface area contributed by atoms with Crippen molar-refractivity contribution in [3.8, 4) is 6.07 Å². The number of pyridine rings is 1. The monoisotopic (exact) mass is 399 g/mol. The first-order chi connectivity index (χ1) is 14.1. The molecule has 1 aromatic heterocycles. The number of carbonyl (C=O) groups is 1. The van der Waals surface area contributed by atoms with Gasteiger partial charge < -0.3 is 15.4 Å². The summed E-state index contributed by atoms with van der Waals surface area (Å²) in [5, 5.41) is 16.0. The van der Waals surface area contributed by atoms with Gasteiger partial charge in [0.25, 0.3) is 0 Å². The third-order valence-electron chi connectivity index (χ3n) is 5.90. The molecule has 2 aliphatic rings. The number of amides is 1. The maximum atomic E-state index is 12.7. The number of nitriles is 1. The van der Waals surface area contributed by atoms with Crippen molar-refractivity contribution >= 4 is 11.7 Å².